The minimum atomic E-state index is -5.99. The zero-order valence-corrected chi connectivity index (χ0v) is 21.9. The van der Waals surface area contributed by atoms with E-state index in [4.69, 9.17) is 23.1 Å². The van der Waals surface area contributed by atoms with E-state index in [-0.39, 0.29) is 19.8 Å². The lowest BCUT2D eigenvalue weighted by Crippen LogP contribution is -2.45. The summed E-state index contributed by atoms with van der Waals surface area (Å²) in [5.41, 5.74) is -3.33. The van der Waals surface area contributed by atoms with Gasteiger partial charge in [-0.3, -0.25) is 4.18 Å². The van der Waals surface area contributed by atoms with Gasteiger partial charge in [0, 0.05) is 0 Å². The van der Waals surface area contributed by atoms with Crippen molar-refractivity contribution in [3.8, 4) is 0 Å². The van der Waals surface area contributed by atoms with E-state index in [0.717, 1.165) is 11.1 Å². The Bertz CT molecular complexity index is 1260. The molecular weight excluding hydrogens is 537 g/mol. The number of ether oxygens (including phenoxy) is 4. The van der Waals surface area contributed by atoms with Crippen molar-refractivity contribution >= 4 is 10.1 Å². The molecule has 4 rings (SSSR count). The third-order valence-electron chi connectivity index (χ3n) is 6.09. The monoisotopic (exact) mass is 566 g/mol. The van der Waals surface area contributed by atoms with Crippen molar-refractivity contribution in [1.82, 2.24) is 0 Å². The highest BCUT2D eigenvalue weighted by molar-refractivity contribution is 7.87. The molecule has 0 bridgehead atoms. The molecule has 1 aliphatic rings. The Balaban J connectivity index is 1.59. The van der Waals surface area contributed by atoms with Crippen LogP contribution in [-0.2, 0) is 53.1 Å². The van der Waals surface area contributed by atoms with Crippen molar-refractivity contribution < 1.29 is 44.7 Å². The van der Waals surface area contributed by atoms with Crippen LogP contribution in [0.5, 0.6) is 0 Å². The molecule has 1 unspecified atom stereocenters. The molecule has 0 aromatic heterocycles. The minimum absolute atomic E-state index is 0.0431. The van der Waals surface area contributed by atoms with Gasteiger partial charge in [-0.1, -0.05) is 91.0 Å². The second-order valence-corrected chi connectivity index (χ2v) is 10.6. The number of benzene rings is 3. The SMILES string of the molecule is C[C@H](OCc1ccccc1)[C@H]1OC(OCc2ccccc2)[C@H](OCc2ccccc2)[C@@H]1OS(=O)(=O)C(F)(F)F. The summed E-state index contributed by atoms with van der Waals surface area (Å²) >= 11 is 0. The lowest BCUT2D eigenvalue weighted by Gasteiger charge is -2.27. The van der Waals surface area contributed by atoms with E-state index in [0.29, 0.717) is 5.56 Å². The lowest BCUT2D eigenvalue weighted by atomic mass is 10.1. The van der Waals surface area contributed by atoms with Gasteiger partial charge in [-0.15, -0.1) is 0 Å². The topological polar surface area (TPSA) is 80.3 Å². The fourth-order valence-corrected chi connectivity index (χ4v) is 4.68. The Labute approximate surface area is 225 Å². The highest BCUT2D eigenvalue weighted by atomic mass is 32.2. The van der Waals surface area contributed by atoms with Crippen molar-refractivity contribution in [2.45, 2.75) is 63.0 Å². The van der Waals surface area contributed by atoms with Crippen LogP contribution in [0.4, 0.5) is 13.2 Å². The molecule has 0 aliphatic carbocycles. The van der Waals surface area contributed by atoms with Gasteiger partial charge >= 0.3 is 15.6 Å². The molecule has 1 aliphatic heterocycles. The summed E-state index contributed by atoms with van der Waals surface area (Å²) in [7, 11) is -5.99. The Hall–Kier alpha value is -2.80. The van der Waals surface area contributed by atoms with Crippen molar-refractivity contribution in [2.75, 3.05) is 0 Å². The molecule has 3 aromatic rings. The Morgan fingerprint density at radius 1 is 0.744 bits per heavy atom. The molecule has 39 heavy (non-hydrogen) atoms. The first-order chi connectivity index (χ1) is 18.6. The molecule has 0 radical (unpaired) electrons. The van der Waals surface area contributed by atoms with Crippen molar-refractivity contribution in [2.24, 2.45) is 0 Å². The number of rotatable bonds is 12. The van der Waals surface area contributed by atoms with Crippen molar-refractivity contribution in [1.29, 1.82) is 0 Å². The van der Waals surface area contributed by atoms with Crippen LogP contribution in [0.2, 0.25) is 0 Å². The van der Waals surface area contributed by atoms with Crippen LogP contribution < -0.4 is 0 Å². The first-order valence-corrected chi connectivity index (χ1v) is 13.7. The summed E-state index contributed by atoms with van der Waals surface area (Å²) in [5.74, 6) is 0. The maximum absolute atomic E-state index is 13.4. The van der Waals surface area contributed by atoms with Crippen LogP contribution in [0.15, 0.2) is 91.0 Å². The molecule has 0 spiro atoms. The van der Waals surface area contributed by atoms with Crippen LogP contribution in [0.25, 0.3) is 0 Å². The molecule has 0 saturated carbocycles. The highest BCUT2D eigenvalue weighted by Crippen LogP contribution is 2.36. The molecule has 210 valence electrons. The largest absolute Gasteiger partial charge is 0.523 e. The second-order valence-electron chi connectivity index (χ2n) is 8.99. The van der Waals surface area contributed by atoms with Gasteiger partial charge in [-0.2, -0.15) is 21.6 Å². The molecule has 0 N–H and O–H groups in total. The summed E-state index contributed by atoms with van der Waals surface area (Å²) in [4.78, 5) is 0. The average Bonchev–Trinajstić information content (AvgIpc) is 3.26. The molecule has 7 nitrogen and oxygen atoms in total. The summed E-state index contributed by atoms with van der Waals surface area (Å²) in [6, 6.07) is 27.1. The smallest absolute Gasteiger partial charge is 0.371 e. The Morgan fingerprint density at radius 2 is 1.21 bits per heavy atom. The molecule has 0 amide bonds. The number of hydrogen-bond acceptors (Lipinski definition) is 7. The van der Waals surface area contributed by atoms with E-state index in [2.05, 4.69) is 0 Å². The first-order valence-electron chi connectivity index (χ1n) is 12.3. The normalized spacial score (nSPS) is 22.6. The zero-order valence-electron chi connectivity index (χ0n) is 21.1. The maximum atomic E-state index is 13.4. The first kappa shape index (κ1) is 29.2. The summed E-state index contributed by atoms with van der Waals surface area (Å²) in [6.45, 7) is 1.68. The minimum Gasteiger partial charge on any atom is -0.371 e. The van der Waals surface area contributed by atoms with Crippen molar-refractivity contribution in [3.05, 3.63) is 108 Å². The highest BCUT2D eigenvalue weighted by Gasteiger charge is 2.56. The molecule has 5 atom stereocenters. The van der Waals surface area contributed by atoms with Crippen LogP contribution in [0.3, 0.4) is 0 Å². The van der Waals surface area contributed by atoms with Gasteiger partial charge in [-0.05, 0) is 23.6 Å². The fourth-order valence-electron chi connectivity index (χ4n) is 4.06. The van der Waals surface area contributed by atoms with E-state index >= 15 is 0 Å². The van der Waals surface area contributed by atoms with Gasteiger partial charge < -0.3 is 18.9 Å². The zero-order chi connectivity index (χ0) is 27.9. The summed E-state index contributed by atoms with van der Waals surface area (Å²) in [5, 5.41) is 0. The van der Waals surface area contributed by atoms with E-state index in [1.165, 1.54) is 0 Å². The fraction of sp³-hybridized carbons (Fsp3) is 0.357. The van der Waals surface area contributed by atoms with Gasteiger partial charge in [0.05, 0.1) is 25.9 Å². The lowest BCUT2D eigenvalue weighted by molar-refractivity contribution is -0.197. The molecule has 1 heterocycles. The molecule has 3 aromatic carbocycles. The molecule has 1 saturated heterocycles. The molecule has 1 fully saturated rings. The van der Waals surface area contributed by atoms with Crippen LogP contribution in [-0.4, -0.2) is 44.6 Å². The van der Waals surface area contributed by atoms with Gasteiger partial charge in [0.25, 0.3) is 0 Å². The Morgan fingerprint density at radius 3 is 1.69 bits per heavy atom. The maximum Gasteiger partial charge on any atom is 0.523 e. The second kappa shape index (κ2) is 13.0. The van der Waals surface area contributed by atoms with E-state index in [9.17, 15) is 21.6 Å². The van der Waals surface area contributed by atoms with E-state index in [1.54, 1.807) is 49.4 Å². The standard InChI is InChI=1S/C28H29F3O7S/c1-20(34-17-21-11-5-2-6-12-21)24-25(38-39(32,33)28(29,30)31)26(35-18-22-13-7-3-8-14-22)27(37-24)36-19-23-15-9-4-10-16-23/h2-16,20,24-27H,17-19H2,1H3/t20-,24+,25+,26+,27?/m0/s1. The third-order valence-corrected chi connectivity index (χ3v) is 7.13. The van der Waals surface area contributed by atoms with Gasteiger partial charge in [0.1, 0.15) is 18.3 Å². The van der Waals surface area contributed by atoms with E-state index in [1.807, 2.05) is 48.5 Å². The van der Waals surface area contributed by atoms with Crippen LogP contribution >= 0.6 is 0 Å². The molecule has 11 heteroatoms. The van der Waals surface area contributed by atoms with Gasteiger partial charge in [0.15, 0.2) is 6.29 Å². The molecular formula is C28H29F3O7S. The number of alkyl halides is 3. The average molecular weight is 567 g/mol. The van der Waals surface area contributed by atoms with E-state index < -0.39 is 46.3 Å². The summed E-state index contributed by atoms with van der Waals surface area (Å²) < 4.78 is 92.8. The number of halogens is 3. The number of hydrogen-bond donors (Lipinski definition) is 0. The predicted octanol–water partition coefficient (Wildman–Crippen LogP) is 5.35. The summed E-state index contributed by atoms with van der Waals surface area (Å²) in [6.07, 6.45) is -6.40. The predicted molar refractivity (Wildman–Crippen MR) is 135 cm³/mol. The third kappa shape index (κ3) is 7.87. The van der Waals surface area contributed by atoms with Crippen LogP contribution in [0, 0.1) is 0 Å². The van der Waals surface area contributed by atoms with Crippen LogP contribution in [0.1, 0.15) is 23.6 Å². The van der Waals surface area contributed by atoms with Gasteiger partial charge in [-0.25, -0.2) is 0 Å². The quantitative estimate of drug-likeness (QED) is 0.216. The van der Waals surface area contributed by atoms with Gasteiger partial charge in [0.2, 0.25) is 0 Å². The van der Waals surface area contributed by atoms with Crippen molar-refractivity contribution in [3.63, 3.8) is 0 Å². The Kier molecular flexibility index (Phi) is 9.76.